The van der Waals surface area contributed by atoms with Crippen LogP contribution >= 0.6 is 0 Å². The molecule has 0 unspecified atom stereocenters. The van der Waals surface area contributed by atoms with E-state index in [2.05, 4.69) is 5.32 Å². The van der Waals surface area contributed by atoms with Crippen molar-refractivity contribution in [2.24, 2.45) is 0 Å². The van der Waals surface area contributed by atoms with E-state index in [-0.39, 0.29) is 18.6 Å². The van der Waals surface area contributed by atoms with Gasteiger partial charge in [-0.25, -0.2) is 22.0 Å². The Kier molecular flexibility index (Phi) is 6.42. The fraction of sp³-hybridized carbons (Fsp3) is 0.381. The highest BCUT2D eigenvalue weighted by molar-refractivity contribution is 7.89. The van der Waals surface area contributed by atoms with Crippen LogP contribution in [0.2, 0.25) is 0 Å². The van der Waals surface area contributed by atoms with Crippen LogP contribution in [0.3, 0.4) is 0 Å². The lowest BCUT2D eigenvalue weighted by Gasteiger charge is -2.25. The van der Waals surface area contributed by atoms with Gasteiger partial charge in [0.05, 0.1) is 5.25 Å². The third-order valence-corrected chi connectivity index (χ3v) is 7.52. The second-order valence-corrected chi connectivity index (χ2v) is 10.2. The first-order valence-corrected chi connectivity index (χ1v) is 11.2. The molecule has 0 aromatic heterocycles. The molecule has 0 spiro atoms. The number of carbonyl (C=O) groups is 1. The van der Waals surface area contributed by atoms with Crippen molar-refractivity contribution in [1.29, 1.82) is 0 Å². The molecule has 1 atom stereocenters. The first kappa shape index (κ1) is 22.2. The van der Waals surface area contributed by atoms with Gasteiger partial charge in [0.25, 0.3) is 0 Å². The molecule has 0 radical (unpaired) electrons. The maximum Gasteiger partial charge on any atom is 0.321 e. The maximum atomic E-state index is 13.4. The summed E-state index contributed by atoms with van der Waals surface area (Å²) in [4.78, 5) is 14.1. The van der Waals surface area contributed by atoms with E-state index in [0.29, 0.717) is 29.8 Å². The number of nitrogens with zero attached hydrogens (tertiary/aromatic N) is 2. The molecule has 30 heavy (non-hydrogen) atoms. The minimum Gasteiger partial charge on any atom is -0.323 e. The number of carbonyl (C=O) groups excluding carboxylic acids is 1. The lowest BCUT2D eigenvalue weighted by Crippen LogP contribution is -2.43. The largest absolute Gasteiger partial charge is 0.323 e. The standard InChI is InChI=1S/C21H25F2N3O3S/c1-14(2)30(28,29)26-9-8-20(13-26)25(3)21(27)24-19-6-4-15(5-7-19)16-10-17(22)12-18(23)11-16/h4-7,10-12,14,20H,8-9,13H2,1-3H3,(H,24,27)/t20-/m1/s1. The summed E-state index contributed by atoms with van der Waals surface area (Å²) < 4.78 is 52.9. The molecular formula is C21H25F2N3O3S. The van der Waals surface area contributed by atoms with Crippen LogP contribution in [0.15, 0.2) is 42.5 Å². The van der Waals surface area contributed by atoms with Gasteiger partial charge in [0.15, 0.2) is 0 Å². The molecule has 9 heteroatoms. The molecule has 1 aliphatic rings. The van der Waals surface area contributed by atoms with E-state index in [1.807, 2.05) is 0 Å². The molecule has 6 nitrogen and oxygen atoms in total. The number of sulfonamides is 1. The Bertz CT molecular complexity index is 1010. The molecule has 162 valence electrons. The number of hydrogen-bond donors (Lipinski definition) is 1. The third-order valence-electron chi connectivity index (χ3n) is 5.28. The molecular weight excluding hydrogens is 412 g/mol. The van der Waals surface area contributed by atoms with Crippen LogP contribution in [0.5, 0.6) is 0 Å². The van der Waals surface area contributed by atoms with Crippen LogP contribution in [0.4, 0.5) is 19.3 Å². The van der Waals surface area contributed by atoms with Crippen LogP contribution in [0, 0.1) is 11.6 Å². The number of halogens is 2. The van der Waals surface area contributed by atoms with Crippen molar-refractivity contribution in [2.45, 2.75) is 31.6 Å². The first-order chi connectivity index (χ1) is 14.1. The Morgan fingerprint density at radius 2 is 1.70 bits per heavy atom. The van der Waals surface area contributed by atoms with Gasteiger partial charge < -0.3 is 10.2 Å². The zero-order chi connectivity index (χ0) is 22.1. The predicted molar refractivity (Wildman–Crippen MR) is 113 cm³/mol. The lowest BCUT2D eigenvalue weighted by molar-refractivity contribution is 0.206. The van der Waals surface area contributed by atoms with Crippen LogP contribution in [0.25, 0.3) is 11.1 Å². The minimum atomic E-state index is -3.34. The summed E-state index contributed by atoms with van der Waals surface area (Å²) in [7, 11) is -1.71. The SMILES string of the molecule is CC(C)S(=O)(=O)N1CC[C@@H](N(C)C(=O)Nc2ccc(-c3cc(F)cc(F)c3)cc2)C1. The van der Waals surface area contributed by atoms with E-state index in [1.54, 1.807) is 45.2 Å². The lowest BCUT2D eigenvalue weighted by atomic mass is 10.1. The fourth-order valence-electron chi connectivity index (χ4n) is 3.40. The second-order valence-electron chi connectivity index (χ2n) is 7.67. The molecule has 0 aliphatic carbocycles. The van der Waals surface area contributed by atoms with Gasteiger partial charge in [-0.2, -0.15) is 4.31 Å². The van der Waals surface area contributed by atoms with Crippen LogP contribution in [0.1, 0.15) is 20.3 Å². The summed E-state index contributed by atoms with van der Waals surface area (Å²) in [6.07, 6.45) is 0.569. The molecule has 2 amide bonds. The zero-order valence-electron chi connectivity index (χ0n) is 17.1. The molecule has 1 aliphatic heterocycles. The van der Waals surface area contributed by atoms with Gasteiger partial charge in [-0.3, -0.25) is 0 Å². The molecule has 1 heterocycles. The van der Waals surface area contributed by atoms with Gasteiger partial charge in [0.2, 0.25) is 10.0 Å². The number of anilines is 1. The smallest absolute Gasteiger partial charge is 0.321 e. The quantitative estimate of drug-likeness (QED) is 0.771. The fourth-order valence-corrected chi connectivity index (χ4v) is 4.74. The van der Waals surface area contributed by atoms with E-state index < -0.39 is 26.9 Å². The summed E-state index contributed by atoms with van der Waals surface area (Å²) in [6, 6.07) is 9.34. The summed E-state index contributed by atoms with van der Waals surface area (Å²) in [6.45, 7) is 3.94. The number of benzene rings is 2. The van der Waals surface area contributed by atoms with Crippen LogP contribution in [-0.4, -0.2) is 55.1 Å². The highest BCUT2D eigenvalue weighted by Crippen LogP contribution is 2.24. The summed E-state index contributed by atoms with van der Waals surface area (Å²) >= 11 is 0. The third kappa shape index (κ3) is 4.79. The van der Waals surface area contributed by atoms with Crippen molar-refractivity contribution in [3.8, 4) is 11.1 Å². The highest BCUT2D eigenvalue weighted by Gasteiger charge is 2.36. The number of nitrogens with one attached hydrogen (secondary N) is 1. The Morgan fingerprint density at radius 3 is 2.27 bits per heavy atom. The molecule has 1 fully saturated rings. The topological polar surface area (TPSA) is 69.7 Å². The number of likely N-dealkylation sites (N-methyl/N-ethyl adjacent to an activating group) is 1. The Balaban J connectivity index is 1.63. The molecule has 0 saturated carbocycles. The molecule has 2 aromatic rings. The van der Waals surface area contributed by atoms with Crippen molar-refractivity contribution < 1.29 is 22.0 Å². The van der Waals surface area contributed by atoms with Crippen LogP contribution < -0.4 is 5.32 Å². The normalized spacial score (nSPS) is 17.3. The van der Waals surface area contributed by atoms with E-state index in [4.69, 9.17) is 0 Å². The average molecular weight is 438 g/mol. The van der Waals surface area contributed by atoms with Gasteiger partial charge in [0, 0.05) is 37.9 Å². The van der Waals surface area contributed by atoms with E-state index in [1.165, 1.54) is 21.3 Å². The van der Waals surface area contributed by atoms with E-state index in [9.17, 15) is 22.0 Å². The van der Waals surface area contributed by atoms with Crippen molar-refractivity contribution in [3.05, 3.63) is 54.1 Å². The predicted octanol–water partition coefficient (Wildman–Crippen LogP) is 3.91. The number of urea groups is 1. The summed E-state index contributed by atoms with van der Waals surface area (Å²) in [5.41, 5.74) is 1.54. The van der Waals surface area contributed by atoms with Crippen molar-refractivity contribution in [2.75, 3.05) is 25.5 Å². The maximum absolute atomic E-state index is 13.4. The monoisotopic (exact) mass is 437 g/mol. The van der Waals surface area contributed by atoms with E-state index in [0.717, 1.165) is 6.07 Å². The summed E-state index contributed by atoms with van der Waals surface area (Å²) in [5.74, 6) is -1.32. The number of amides is 2. The number of rotatable bonds is 5. The van der Waals surface area contributed by atoms with Gasteiger partial charge in [-0.05, 0) is 55.7 Å². The van der Waals surface area contributed by atoms with Crippen LogP contribution in [-0.2, 0) is 10.0 Å². The number of hydrogen-bond acceptors (Lipinski definition) is 3. The van der Waals surface area contributed by atoms with Crippen molar-refractivity contribution in [1.82, 2.24) is 9.21 Å². The Labute approximate surface area is 175 Å². The molecule has 3 rings (SSSR count). The van der Waals surface area contributed by atoms with Gasteiger partial charge in [0.1, 0.15) is 11.6 Å². The molecule has 0 bridgehead atoms. The van der Waals surface area contributed by atoms with Crippen molar-refractivity contribution >= 4 is 21.7 Å². The Hall–Kier alpha value is -2.52. The first-order valence-electron chi connectivity index (χ1n) is 9.67. The molecule has 1 saturated heterocycles. The highest BCUT2D eigenvalue weighted by atomic mass is 32.2. The Morgan fingerprint density at radius 1 is 1.10 bits per heavy atom. The van der Waals surface area contributed by atoms with Crippen molar-refractivity contribution in [3.63, 3.8) is 0 Å². The zero-order valence-corrected chi connectivity index (χ0v) is 17.9. The van der Waals surface area contributed by atoms with E-state index >= 15 is 0 Å². The van der Waals surface area contributed by atoms with Gasteiger partial charge >= 0.3 is 6.03 Å². The molecule has 1 N–H and O–H groups in total. The minimum absolute atomic E-state index is 0.215. The molecule has 2 aromatic carbocycles. The average Bonchev–Trinajstić information content (AvgIpc) is 3.18. The second kappa shape index (κ2) is 8.69. The van der Waals surface area contributed by atoms with Gasteiger partial charge in [-0.1, -0.05) is 12.1 Å². The van der Waals surface area contributed by atoms with Gasteiger partial charge in [-0.15, -0.1) is 0 Å². The summed E-state index contributed by atoms with van der Waals surface area (Å²) in [5, 5.41) is 2.27.